The van der Waals surface area contributed by atoms with Crippen LogP contribution >= 0.6 is 0 Å². The average Bonchev–Trinajstić information content (AvgIpc) is 3.22. The summed E-state index contributed by atoms with van der Waals surface area (Å²) in [5, 5.41) is 12.0. The minimum atomic E-state index is -1.24. The van der Waals surface area contributed by atoms with Gasteiger partial charge in [0.2, 0.25) is 5.91 Å². The smallest absolute Gasteiger partial charge is 0.329 e. The number of carboxylic acid groups (broad SMARTS) is 1. The topological polar surface area (TPSA) is 113 Å². The summed E-state index contributed by atoms with van der Waals surface area (Å²) in [6.07, 6.45) is 2.97. The lowest BCUT2D eigenvalue weighted by Crippen LogP contribution is -2.60. The average molecular weight is 297 g/mol. The van der Waals surface area contributed by atoms with Gasteiger partial charge in [-0.25, -0.2) is 9.59 Å². The molecule has 3 amide bonds. The first-order valence-corrected chi connectivity index (χ1v) is 7.37. The summed E-state index contributed by atoms with van der Waals surface area (Å²) in [5.74, 6) is -1.81. The Balaban J connectivity index is 2.07. The second kappa shape index (κ2) is 5.54. The summed E-state index contributed by atoms with van der Waals surface area (Å²) in [4.78, 5) is 36.7. The summed E-state index contributed by atoms with van der Waals surface area (Å²) in [6, 6.07) is -0.455. The van der Waals surface area contributed by atoms with E-state index in [9.17, 15) is 19.5 Å². The first-order chi connectivity index (χ1) is 9.75. The maximum Gasteiger partial charge on any atom is 0.329 e. The second-order valence-electron chi connectivity index (χ2n) is 6.39. The number of nitrogens with two attached hydrogens (primary N) is 1. The number of aliphatic carboxylic acids is 1. The number of primary amides is 1. The van der Waals surface area contributed by atoms with Gasteiger partial charge in [-0.3, -0.25) is 4.79 Å². The van der Waals surface area contributed by atoms with Crippen molar-refractivity contribution in [2.24, 2.45) is 17.6 Å². The molecule has 1 aliphatic carbocycles. The van der Waals surface area contributed by atoms with Gasteiger partial charge in [-0.15, -0.1) is 0 Å². The minimum Gasteiger partial charge on any atom is -0.480 e. The molecule has 3 atom stereocenters. The van der Waals surface area contributed by atoms with Gasteiger partial charge in [0.1, 0.15) is 5.54 Å². The molecule has 0 aromatic heterocycles. The lowest BCUT2D eigenvalue weighted by Gasteiger charge is -2.39. The number of piperidine rings is 1. The number of nitrogens with one attached hydrogen (secondary N) is 1. The van der Waals surface area contributed by atoms with Crippen molar-refractivity contribution in [1.29, 1.82) is 0 Å². The number of carbonyl (C=O) groups is 3. The molecule has 2 fully saturated rings. The molecule has 0 spiro atoms. The van der Waals surface area contributed by atoms with E-state index >= 15 is 0 Å². The summed E-state index contributed by atoms with van der Waals surface area (Å²) in [5.41, 5.74) is 4.08. The highest BCUT2D eigenvalue weighted by Gasteiger charge is 2.49. The number of amides is 3. The Hall–Kier alpha value is -1.79. The van der Waals surface area contributed by atoms with E-state index in [2.05, 4.69) is 5.32 Å². The van der Waals surface area contributed by atoms with Gasteiger partial charge < -0.3 is 21.1 Å². The van der Waals surface area contributed by atoms with Crippen molar-refractivity contribution in [3.8, 4) is 0 Å². The van der Waals surface area contributed by atoms with Crippen LogP contribution in [0.25, 0.3) is 0 Å². The predicted octanol–water partition coefficient (Wildman–Crippen LogP) is 0.535. The fourth-order valence-corrected chi connectivity index (χ4v) is 2.91. The molecule has 4 N–H and O–H groups in total. The van der Waals surface area contributed by atoms with Gasteiger partial charge in [0, 0.05) is 12.6 Å². The molecule has 1 aliphatic heterocycles. The molecule has 21 heavy (non-hydrogen) atoms. The summed E-state index contributed by atoms with van der Waals surface area (Å²) in [7, 11) is 0. The van der Waals surface area contributed by atoms with Crippen LogP contribution in [0.4, 0.5) is 4.79 Å². The Morgan fingerprint density at radius 1 is 1.24 bits per heavy atom. The van der Waals surface area contributed by atoms with E-state index in [0.717, 1.165) is 12.8 Å². The van der Waals surface area contributed by atoms with Gasteiger partial charge in [0.05, 0.1) is 5.92 Å². The SMILES string of the molecule is CC1CCC(C(N)=O)CN1C(=O)NC(C)(C(=O)O)C1CC1. The van der Waals surface area contributed by atoms with E-state index < -0.39 is 23.4 Å². The second-order valence-corrected chi connectivity index (χ2v) is 6.39. The third kappa shape index (κ3) is 3.11. The minimum absolute atomic E-state index is 0.0222. The van der Waals surface area contributed by atoms with Gasteiger partial charge in [-0.2, -0.15) is 0 Å². The van der Waals surface area contributed by atoms with E-state index in [1.54, 1.807) is 6.92 Å². The Kier molecular flexibility index (Phi) is 4.11. The van der Waals surface area contributed by atoms with Gasteiger partial charge >= 0.3 is 12.0 Å². The van der Waals surface area contributed by atoms with Crippen LogP contribution in [0.3, 0.4) is 0 Å². The highest BCUT2D eigenvalue weighted by atomic mass is 16.4. The number of hydrogen-bond donors (Lipinski definition) is 3. The molecule has 1 saturated heterocycles. The van der Waals surface area contributed by atoms with E-state index in [0.29, 0.717) is 12.8 Å². The van der Waals surface area contributed by atoms with E-state index in [1.165, 1.54) is 4.90 Å². The van der Waals surface area contributed by atoms with Crippen LogP contribution in [-0.2, 0) is 9.59 Å². The molecular weight excluding hydrogens is 274 g/mol. The highest BCUT2D eigenvalue weighted by molar-refractivity contribution is 5.87. The first kappa shape index (κ1) is 15.6. The first-order valence-electron chi connectivity index (χ1n) is 7.37. The van der Waals surface area contributed by atoms with Crippen LogP contribution < -0.4 is 11.1 Å². The summed E-state index contributed by atoms with van der Waals surface area (Å²) < 4.78 is 0. The Bertz CT molecular complexity index is 463. The molecule has 0 radical (unpaired) electrons. The molecule has 0 aromatic carbocycles. The van der Waals surface area contributed by atoms with Crippen LogP contribution in [0.1, 0.15) is 39.5 Å². The number of urea groups is 1. The van der Waals surface area contributed by atoms with E-state index in [-0.39, 0.29) is 24.4 Å². The molecule has 7 heteroatoms. The number of likely N-dealkylation sites (tertiary alicyclic amines) is 1. The Morgan fingerprint density at radius 3 is 2.33 bits per heavy atom. The zero-order chi connectivity index (χ0) is 15.8. The predicted molar refractivity (Wildman–Crippen MR) is 75.4 cm³/mol. The third-order valence-corrected chi connectivity index (χ3v) is 4.75. The van der Waals surface area contributed by atoms with Crippen LogP contribution in [0, 0.1) is 11.8 Å². The molecule has 118 valence electrons. The normalized spacial score (nSPS) is 28.6. The Morgan fingerprint density at radius 2 is 1.86 bits per heavy atom. The fraction of sp³-hybridized carbons (Fsp3) is 0.786. The Labute approximate surface area is 123 Å². The quantitative estimate of drug-likeness (QED) is 0.702. The zero-order valence-corrected chi connectivity index (χ0v) is 12.5. The number of rotatable bonds is 4. The van der Waals surface area contributed by atoms with Crippen LogP contribution in [0.5, 0.6) is 0 Å². The monoisotopic (exact) mass is 297 g/mol. The standard InChI is InChI=1S/C14H23N3O4/c1-8-3-4-9(11(15)18)7-17(8)13(21)16-14(2,12(19)20)10-5-6-10/h8-10H,3-7H2,1-2H3,(H2,15,18)(H,16,21)(H,19,20). The zero-order valence-electron chi connectivity index (χ0n) is 12.5. The van der Waals surface area contributed by atoms with E-state index in [4.69, 9.17) is 5.73 Å². The molecule has 3 unspecified atom stereocenters. The van der Waals surface area contributed by atoms with Crippen molar-refractivity contribution in [2.75, 3.05) is 6.54 Å². The van der Waals surface area contributed by atoms with Crippen LogP contribution in [-0.4, -0.2) is 46.0 Å². The molecule has 2 rings (SSSR count). The van der Waals surface area contributed by atoms with E-state index in [1.807, 2.05) is 6.92 Å². The van der Waals surface area contributed by atoms with Crippen molar-refractivity contribution >= 4 is 17.9 Å². The van der Waals surface area contributed by atoms with Gasteiger partial charge in [0.25, 0.3) is 0 Å². The van der Waals surface area contributed by atoms with Crippen LogP contribution in [0.15, 0.2) is 0 Å². The van der Waals surface area contributed by atoms with Crippen molar-refractivity contribution in [3.05, 3.63) is 0 Å². The molecule has 7 nitrogen and oxygen atoms in total. The number of carboxylic acids is 1. The van der Waals surface area contributed by atoms with Crippen molar-refractivity contribution in [1.82, 2.24) is 10.2 Å². The largest absolute Gasteiger partial charge is 0.480 e. The van der Waals surface area contributed by atoms with Gasteiger partial charge in [-0.05, 0) is 45.4 Å². The lowest BCUT2D eigenvalue weighted by molar-refractivity contribution is -0.144. The number of hydrogen-bond acceptors (Lipinski definition) is 3. The molecule has 1 heterocycles. The maximum atomic E-state index is 12.4. The molecule has 0 aromatic rings. The van der Waals surface area contributed by atoms with Crippen molar-refractivity contribution < 1.29 is 19.5 Å². The summed E-state index contributed by atoms with van der Waals surface area (Å²) in [6.45, 7) is 3.69. The maximum absolute atomic E-state index is 12.4. The van der Waals surface area contributed by atoms with Crippen molar-refractivity contribution in [3.63, 3.8) is 0 Å². The number of carbonyl (C=O) groups excluding carboxylic acids is 2. The summed E-state index contributed by atoms with van der Waals surface area (Å²) >= 11 is 0. The van der Waals surface area contributed by atoms with Gasteiger partial charge in [-0.1, -0.05) is 0 Å². The third-order valence-electron chi connectivity index (χ3n) is 4.75. The molecule has 2 aliphatic rings. The highest BCUT2D eigenvalue weighted by Crippen LogP contribution is 2.40. The fourth-order valence-electron chi connectivity index (χ4n) is 2.91. The molecule has 1 saturated carbocycles. The van der Waals surface area contributed by atoms with Crippen molar-refractivity contribution in [2.45, 2.75) is 51.1 Å². The van der Waals surface area contributed by atoms with Gasteiger partial charge in [0.15, 0.2) is 0 Å². The molecule has 0 bridgehead atoms. The number of nitrogens with zero attached hydrogens (tertiary/aromatic N) is 1. The van der Waals surface area contributed by atoms with Crippen LogP contribution in [0.2, 0.25) is 0 Å². The molecular formula is C14H23N3O4. The lowest BCUT2D eigenvalue weighted by atomic mass is 9.92.